The minimum absolute atomic E-state index is 0.0978. The van der Waals surface area contributed by atoms with Gasteiger partial charge < -0.3 is 13.9 Å². The average Bonchev–Trinajstić information content (AvgIpc) is 2.96. The Labute approximate surface area is 169 Å². The predicted molar refractivity (Wildman–Crippen MR) is 110 cm³/mol. The fourth-order valence-corrected chi connectivity index (χ4v) is 4.08. The molecule has 8 heteroatoms. The summed E-state index contributed by atoms with van der Waals surface area (Å²) < 4.78 is 44.2. The van der Waals surface area contributed by atoms with E-state index in [1.807, 2.05) is 0 Å². The number of carbonyl (C=O) groups is 1. The normalized spacial score (nSPS) is 11.7. The van der Waals surface area contributed by atoms with Crippen LogP contribution >= 0.6 is 0 Å². The number of esters is 1. The molecule has 3 rings (SSSR count). The third-order valence-electron chi connectivity index (χ3n) is 4.37. The molecule has 1 N–H and O–H groups in total. The Morgan fingerprint density at radius 1 is 1.10 bits per heavy atom. The third-order valence-corrected chi connectivity index (χ3v) is 5.75. The average molecular weight is 417 g/mol. The van der Waals surface area contributed by atoms with Crippen molar-refractivity contribution in [2.45, 2.75) is 38.7 Å². The van der Waals surface area contributed by atoms with E-state index in [-0.39, 0.29) is 11.0 Å². The highest BCUT2D eigenvalue weighted by atomic mass is 32.2. The quantitative estimate of drug-likeness (QED) is 0.597. The van der Waals surface area contributed by atoms with Gasteiger partial charge in [0.15, 0.2) is 0 Å². The summed E-state index contributed by atoms with van der Waals surface area (Å²) in [7, 11) is -2.32. The number of aryl methyl sites for hydroxylation is 2. The van der Waals surface area contributed by atoms with Crippen LogP contribution in [0.2, 0.25) is 0 Å². The number of furan rings is 1. The minimum atomic E-state index is -3.83. The number of rotatable bonds is 6. The van der Waals surface area contributed by atoms with E-state index in [1.54, 1.807) is 52.0 Å². The molecule has 0 spiro atoms. The first-order valence-corrected chi connectivity index (χ1v) is 10.5. The molecule has 7 nitrogen and oxygen atoms in total. The van der Waals surface area contributed by atoms with Gasteiger partial charge in [-0.15, -0.1) is 0 Å². The Bertz CT molecular complexity index is 1160. The predicted octanol–water partition coefficient (Wildman–Crippen LogP) is 4.42. The summed E-state index contributed by atoms with van der Waals surface area (Å²) in [5, 5.41) is 0.492. The lowest BCUT2D eigenvalue weighted by Crippen LogP contribution is -2.14. The van der Waals surface area contributed by atoms with Crippen LogP contribution in [0, 0.1) is 13.8 Å². The van der Waals surface area contributed by atoms with E-state index in [2.05, 4.69) is 4.72 Å². The van der Waals surface area contributed by atoms with Gasteiger partial charge in [-0.1, -0.05) is 0 Å². The van der Waals surface area contributed by atoms with Gasteiger partial charge in [-0.05, 0) is 69.7 Å². The molecule has 0 saturated carbocycles. The lowest BCUT2D eigenvalue weighted by atomic mass is 10.1. The van der Waals surface area contributed by atoms with Crippen LogP contribution in [-0.4, -0.2) is 27.6 Å². The van der Waals surface area contributed by atoms with Gasteiger partial charge >= 0.3 is 5.97 Å². The summed E-state index contributed by atoms with van der Waals surface area (Å²) in [6, 6.07) is 9.36. The molecular weight excluding hydrogens is 394 g/mol. The molecule has 0 unspecified atom stereocenters. The van der Waals surface area contributed by atoms with E-state index >= 15 is 0 Å². The zero-order chi connectivity index (χ0) is 21.3. The van der Waals surface area contributed by atoms with Crippen molar-refractivity contribution in [3.63, 3.8) is 0 Å². The first kappa shape index (κ1) is 20.7. The van der Waals surface area contributed by atoms with Gasteiger partial charge in [0.1, 0.15) is 22.7 Å². The minimum Gasteiger partial charge on any atom is -0.497 e. The Balaban J connectivity index is 2.02. The summed E-state index contributed by atoms with van der Waals surface area (Å²) >= 11 is 0. The molecule has 0 fully saturated rings. The van der Waals surface area contributed by atoms with Crippen molar-refractivity contribution in [1.82, 2.24) is 0 Å². The Morgan fingerprint density at radius 2 is 1.76 bits per heavy atom. The highest BCUT2D eigenvalue weighted by Crippen LogP contribution is 2.32. The molecule has 2 aromatic carbocycles. The van der Waals surface area contributed by atoms with Crippen molar-refractivity contribution in [3.8, 4) is 5.75 Å². The molecule has 3 aromatic rings. The second-order valence-corrected chi connectivity index (χ2v) is 8.61. The van der Waals surface area contributed by atoms with Gasteiger partial charge in [-0.3, -0.25) is 4.72 Å². The van der Waals surface area contributed by atoms with Crippen LogP contribution in [0.5, 0.6) is 5.75 Å². The monoisotopic (exact) mass is 417 g/mol. The maximum Gasteiger partial charge on any atom is 0.342 e. The highest BCUT2D eigenvalue weighted by molar-refractivity contribution is 7.92. The van der Waals surface area contributed by atoms with Gasteiger partial charge in [-0.25, -0.2) is 13.2 Å². The second kappa shape index (κ2) is 7.79. The van der Waals surface area contributed by atoms with Gasteiger partial charge in [-0.2, -0.15) is 0 Å². The molecule has 29 heavy (non-hydrogen) atoms. The van der Waals surface area contributed by atoms with E-state index < -0.39 is 16.0 Å². The summed E-state index contributed by atoms with van der Waals surface area (Å²) in [5.41, 5.74) is 1.79. The summed E-state index contributed by atoms with van der Waals surface area (Å²) in [6.45, 7) is 6.95. The van der Waals surface area contributed by atoms with E-state index in [0.29, 0.717) is 39.3 Å². The molecule has 0 aliphatic heterocycles. The van der Waals surface area contributed by atoms with E-state index in [1.165, 1.54) is 19.2 Å². The highest BCUT2D eigenvalue weighted by Gasteiger charge is 2.23. The SMILES string of the molecule is COc1ccc(S(=O)(=O)Nc2cc3c(C(=O)OC(C)C)c(C)oc3cc2C)cc1. The van der Waals surface area contributed by atoms with Crippen molar-refractivity contribution in [3.05, 3.63) is 53.3 Å². The zero-order valence-corrected chi connectivity index (χ0v) is 17.7. The summed E-state index contributed by atoms with van der Waals surface area (Å²) in [5.74, 6) is 0.466. The molecule has 0 atom stereocenters. The molecule has 1 heterocycles. The van der Waals surface area contributed by atoms with Crippen LogP contribution in [0.15, 0.2) is 45.7 Å². The maximum atomic E-state index is 12.8. The van der Waals surface area contributed by atoms with Crippen LogP contribution in [0.4, 0.5) is 5.69 Å². The summed E-state index contributed by atoms with van der Waals surface area (Å²) in [6.07, 6.45) is -0.287. The molecule has 0 aliphatic rings. The first-order valence-electron chi connectivity index (χ1n) is 9.04. The fourth-order valence-electron chi connectivity index (χ4n) is 2.96. The number of nitrogens with one attached hydrogen (secondary N) is 1. The number of carbonyl (C=O) groups excluding carboxylic acids is 1. The molecule has 154 valence electrons. The molecule has 1 aromatic heterocycles. The Hall–Kier alpha value is -3.00. The number of hydrogen-bond donors (Lipinski definition) is 1. The number of methoxy groups -OCH3 is 1. The van der Waals surface area contributed by atoms with E-state index in [0.717, 1.165) is 0 Å². The van der Waals surface area contributed by atoms with Crippen molar-refractivity contribution < 1.29 is 27.1 Å². The number of benzene rings is 2. The fraction of sp³-hybridized carbons (Fsp3) is 0.286. The van der Waals surface area contributed by atoms with Crippen LogP contribution < -0.4 is 9.46 Å². The smallest absolute Gasteiger partial charge is 0.342 e. The van der Waals surface area contributed by atoms with Gasteiger partial charge in [0.05, 0.1) is 23.8 Å². The van der Waals surface area contributed by atoms with Crippen LogP contribution in [0.1, 0.15) is 35.5 Å². The largest absolute Gasteiger partial charge is 0.497 e. The third kappa shape index (κ3) is 4.22. The number of hydrogen-bond acceptors (Lipinski definition) is 6. The standard InChI is InChI=1S/C21H23NO6S/c1-12(2)27-21(23)20-14(4)28-19-10-13(3)18(11-17(19)20)22-29(24,25)16-8-6-15(26-5)7-9-16/h6-12,22H,1-5H3. The van der Waals surface area contributed by atoms with Gasteiger partial charge in [0.25, 0.3) is 10.0 Å². The van der Waals surface area contributed by atoms with E-state index in [4.69, 9.17) is 13.9 Å². The van der Waals surface area contributed by atoms with Crippen LogP contribution in [0.3, 0.4) is 0 Å². The van der Waals surface area contributed by atoms with Crippen LogP contribution in [-0.2, 0) is 14.8 Å². The van der Waals surface area contributed by atoms with Gasteiger partial charge in [0.2, 0.25) is 0 Å². The maximum absolute atomic E-state index is 12.8. The molecule has 0 bridgehead atoms. The molecule has 0 aliphatic carbocycles. The zero-order valence-electron chi connectivity index (χ0n) is 16.9. The van der Waals surface area contributed by atoms with Crippen molar-refractivity contribution in [2.75, 3.05) is 11.8 Å². The molecular formula is C21H23NO6S. The number of fused-ring (bicyclic) bond motifs is 1. The number of sulfonamides is 1. The molecule has 0 saturated heterocycles. The lowest BCUT2D eigenvalue weighted by molar-refractivity contribution is 0.0378. The Morgan fingerprint density at radius 3 is 2.34 bits per heavy atom. The second-order valence-electron chi connectivity index (χ2n) is 6.93. The van der Waals surface area contributed by atoms with Crippen molar-refractivity contribution in [1.29, 1.82) is 0 Å². The van der Waals surface area contributed by atoms with E-state index in [9.17, 15) is 13.2 Å². The number of anilines is 1. The van der Waals surface area contributed by atoms with Crippen molar-refractivity contribution in [2.24, 2.45) is 0 Å². The van der Waals surface area contributed by atoms with Crippen LogP contribution in [0.25, 0.3) is 11.0 Å². The molecule has 0 radical (unpaired) electrons. The Kier molecular flexibility index (Phi) is 5.57. The van der Waals surface area contributed by atoms with Gasteiger partial charge in [0, 0.05) is 5.39 Å². The topological polar surface area (TPSA) is 94.8 Å². The lowest BCUT2D eigenvalue weighted by Gasteiger charge is -2.12. The summed E-state index contributed by atoms with van der Waals surface area (Å²) in [4.78, 5) is 12.6. The molecule has 0 amide bonds. The van der Waals surface area contributed by atoms with Crippen molar-refractivity contribution >= 4 is 32.6 Å². The number of ether oxygens (including phenoxy) is 2. The first-order chi connectivity index (χ1) is 13.6.